The molecule has 0 aliphatic carbocycles. The Morgan fingerprint density at radius 2 is 1.81 bits per heavy atom. The highest BCUT2D eigenvalue weighted by molar-refractivity contribution is 9.08. The highest BCUT2D eigenvalue weighted by Gasteiger charge is 2.20. The quantitative estimate of drug-likeness (QED) is 0.619. The highest BCUT2D eigenvalue weighted by atomic mass is 79.9. The number of benzene rings is 1. The smallest absolute Gasteiger partial charge is 0.0443 e. The Kier molecular flexibility index (Phi) is 4.48. The Balaban J connectivity index is 3.38. The van der Waals surface area contributed by atoms with Gasteiger partial charge in [0.25, 0.3) is 0 Å². The second-order valence-electron chi connectivity index (χ2n) is 5.57. The molecule has 90 valence electrons. The summed E-state index contributed by atoms with van der Waals surface area (Å²) in [6, 6.07) is 4.37. The van der Waals surface area contributed by atoms with Crippen LogP contribution in [0.5, 0.6) is 0 Å². The molecule has 16 heavy (non-hydrogen) atoms. The number of rotatable bonds is 2. The molecule has 0 fully saturated rings. The van der Waals surface area contributed by atoms with E-state index in [0.717, 1.165) is 10.4 Å². The van der Waals surface area contributed by atoms with Crippen LogP contribution in [-0.4, -0.2) is 0 Å². The van der Waals surface area contributed by atoms with Crippen molar-refractivity contribution in [3.05, 3.63) is 33.8 Å². The molecule has 0 unspecified atom stereocenters. The van der Waals surface area contributed by atoms with Crippen LogP contribution in [0.15, 0.2) is 12.1 Å². The van der Waals surface area contributed by atoms with Crippen LogP contribution in [0.2, 0.25) is 5.02 Å². The first-order chi connectivity index (χ1) is 7.27. The zero-order valence-electron chi connectivity index (χ0n) is 10.7. The summed E-state index contributed by atoms with van der Waals surface area (Å²) in [6.07, 6.45) is 0. The zero-order valence-corrected chi connectivity index (χ0v) is 13.0. The van der Waals surface area contributed by atoms with Crippen molar-refractivity contribution in [3.63, 3.8) is 0 Å². The lowest BCUT2D eigenvalue weighted by Gasteiger charge is -2.24. The Labute approximate surface area is 113 Å². The van der Waals surface area contributed by atoms with E-state index < -0.39 is 0 Å². The minimum atomic E-state index is 0.141. The summed E-state index contributed by atoms with van der Waals surface area (Å²) in [5.74, 6) is 0.472. The van der Waals surface area contributed by atoms with Crippen molar-refractivity contribution in [2.75, 3.05) is 0 Å². The van der Waals surface area contributed by atoms with Gasteiger partial charge in [-0.2, -0.15) is 0 Å². The van der Waals surface area contributed by atoms with Gasteiger partial charge in [0.1, 0.15) is 0 Å². The van der Waals surface area contributed by atoms with E-state index in [1.807, 2.05) is 0 Å². The van der Waals surface area contributed by atoms with Gasteiger partial charge in [0, 0.05) is 10.4 Å². The third-order valence-electron chi connectivity index (χ3n) is 2.80. The summed E-state index contributed by atoms with van der Waals surface area (Å²) < 4.78 is 0. The second kappa shape index (κ2) is 5.10. The molecule has 0 saturated heterocycles. The van der Waals surface area contributed by atoms with Gasteiger partial charge in [-0.05, 0) is 34.1 Å². The Bertz CT molecular complexity index is 375. The van der Waals surface area contributed by atoms with Gasteiger partial charge >= 0.3 is 0 Å². The molecule has 0 N–H and O–H groups in total. The Morgan fingerprint density at radius 3 is 2.19 bits per heavy atom. The van der Waals surface area contributed by atoms with Gasteiger partial charge in [0.2, 0.25) is 0 Å². The second-order valence-corrected chi connectivity index (χ2v) is 6.54. The maximum Gasteiger partial charge on any atom is 0.0443 e. The summed E-state index contributed by atoms with van der Waals surface area (Å²) in [7, 11) is 0. The van der Waals surface area contributed by atoms with Crippen LogP contribution in [0.25, 0.3) is 0 Å². The predicted octanol–water partition coefficient (Wildman–Crippen LogP) is 5.66. The van der Waals surface area contributed by atoms with E-state index in [2.05, 4.69) is 62.7 Å². The first kappa shape index (κ1) is 14.1. The van der Waals surface area contributed by atoms with E-state index in [9.17, 15) is 0 Å². The van der Waals surface area contributed by atoms with E-state index in [1.165, 1.54) is 16.7 Å². The van der Waals surface area contributed by atoms with E-state index in [4.69, 9.17) is 11.6 Å². The molecular weight excluding hydrogens is 284 g/mol. The van der Waals surface area contributed by atoms with E-state index in [0.29, 0.717) is 5.92 Å². The Morgan fingerprint density at radius 1 is 1.25 bits per heavy atom. The number of hydrogen-bond acceptors (Lipinski definition) is 0. The van der Waals surface area contributed by atoms with Gasteiger partial charge in [-0.15, -0.1) is 0 Å². The average Bonchev–Trinajstić information content (AvgIpc) is 2.15. The maximum absolute atomic E-state index is 6.34. The van der Waals surface area contributed by atoms with Gasteiger partial charge in [-0.1, -0.05) is 68.2 Å². The standard InChI is InChI=1S/C14H20BrCl/c1-9(2)11-6-10(8-15)12(7-13(11)16)14(3,4)5/h6-7,9H,8H2,1-5H3. The van der Waals surface area contributed by atoms with Crippen molar-refractivity contribution in [2.45, 2.75) is 51.3 Å². The molecule has 1 aromatic rings. The lowest BCUT2D eigenvalue weighted by Crippen LogP contribution is -2.14. The van der Waals surface area contributed by atoms with Gasteiger partial charge < -0.3 is 0 Å². The summed E-state index contributed by atoms with van der Waals surface area (Å²) >= 11 is 9.91. The molecule has 0 aliphatic heterocycles. The number of alkyl halides is 1. The van der Waals surface area contributed by atoms with E-state index in [1.54, 1.807) is 0 Å². The molecule has 1 aromatic carbocycles. The summed E-state index contributed by atoms with van der Waals surface area (Å²) in [5.41, 5.74) is 4.06. The van der Waals surface area contributed by atoms with Gasteiger partial charge in [0.05, 0.1) is 0 Å². The van der Waals surface area contributed by atoms with Crippen molar-refractivity contribution in [2.24, 2.45) is 0 Å². The largest absolute Gasteiger partial charge is 0.0876 e. The maximum atomic E-state index is 6.34. The monoisotopic (exact) mass is 302 g/mol. The van der Waals surface area contributed by atoms with Crippen LogP contribution < -0.4 is 0 Å². The third-order valence-corrected chi connectivity index (χ3v) is 3.73. The van der Waals surface area contributed by atoms with E-state index >= 15 is 0 Å². The molecule has 0 aromatic heterocycles. The topological polar surface area (TPSA) is 0 Å². The fraction of sp³-hybridized carbons (Fsp3) is 0.571. The SMILES string of the molecule is CC(C)c1cc(CBr)c(C(C)(C)C)cc1Cl. The highest BCUT2D eigenvalue weighted by Crippen LogP contribution is 2.34. The third kappa shape index (κ3) is 3.01. The van der Waals surface area contributed by atoms with Crippen molar-refractivity contribution in [1.82, 2.24) is 0 Å². The fourth-order valence-electron chi connectivity index (χ4n) is 1.89. The molecule has 0 spiro atoms. The van der Waals surface area contributed by atoms with Crippen LogP contribution in [0.3, 0.4) is 0 Å². The van der Waals surface area contributed by atoms with Gasteiger partial charge in [-0.3, -0.25) is 0 Å². The molecule has 0 heterocycles. The lowest BCUT2D eigenvalue weighted by molar-refractivity contribution is 0.585. The molecule has 0 bridgehead atoms. The molecule has 0 saturated carbocycles. The normalized spacial score (nSPS) is 12.2. The van der Waals surface area contributed by atoms with Crippen LogP contribution in [0.4, 0.5) is 0 Å². The molecule has 0 nitrogen and oxygen atoms in total. The van der Waals surface area contributed by atoms with Gasteiger partial charge in [-0.25, -0.2) is 0 Å². The Hall–Kier alpha value is -0.0100. The molecule has 1 rings (SSSR count). The minimum Gasteiger partial charge on any atom is -0.0876 e. The summed E-state index contributed by atoms with van der Waals surface area (Å²) in [6.45, 7) is 11.0. The average molecular weight is 304 g/mol. The molecule has 0 aliphatic rings. The predicted molar refractivity (Wildman–Crippen MR) is 76.9 cm³/mol. The molecule has 0 radical (unpaired) electrons. The summed E-state index contributed by atoms with van der Waals surface area (Å²) in [4.78, 5) is 0. The zero-order chi connectivity index (χ0) is 12.5. The number of halogens is 2. The van der Waals surface area contributed by atoms with Crippen LogP contribution >= 0.6 is 27.5 Å². The van der Waals surface area contributed by atoms with Crippen molar-refractivity contribution >= 4 is 27.5 Å². The molecule has 0 atom stereocenters. The molecule has 0 amide bonds. The van der Waals surface area contributed by atoms with Crippen molar-refractivity contribution < 1.29 is 0 Å². The van der Waals surface area contributed by atoms with Crippen LogP contribution in [0.1, 0.15) is 57.2 Å². The first-order valence-electron chi connectivity index (χ1n) is 5.66. The fourth-order valence-corrected chi connectivity index (χ4v) is 2.73. The first-order valence-corrected chi connectivity index (χ1v) is 7.16. The lowest BCUT2D eigenvalue weighted by atomic mass is 9.82. The minimum absolute atomic E-state index is 0.141. The van der Waals surface area contributed by atoms with Crippen LogP contribution in [0, 0.1) is 0 Å². The molecule has 2 heteroatoms. The van der Waals surface area contributed by atoms with Crippen molar-refractivity contribution in [1.29, 1.82) is 0 Å². The number of hydrogen-bond donors (Lipinski definition) is 0. The summed E-state index contributed by atoms with van der Waals surface area (Å²) in [5, 5.41) is 1.78. The van der Waals surface area contributed by atoms with E-state index in [-0.39, 0.29) is 5.41 Å². The van der Waals surface area contributed by atoms with Crippen LogP contribution in [-0.2, 0) is 10.7 Å². The van der Waals surface area contributed by atoms with Crippen molar-refractivity contribution in [3.8, 4) is 0 Å². The molecular formula is C14H20BrCl. The van der Waals surface area contributed by atoms with Gasteiger partial charge in [0.15, 0.2) is 0 Å².